The van der Waals surface area contributed by atoms with Gasteiger partial charge in [0.15, 0.2) is 0 Å². The van der Waals surface area contributed by atoms with Crippen molar-refractivity contribution < 1.29 is 0 Å². The predicted molar refractivity (Wildman–Crippen MR) is 68.3 cm³/mol. The van der Waals surface area contributed by atoms with Gasteiger partial charge in [-0.05, 0) is 0 Å². The summed E-state index contributed by atoms with van der Waals surface area (Å²) in [4.78, 5) is 0. The summed E-state index contributed by atoms with van der Waals surface area (Å²) in [7, 11) is 0.991. The van der Waals surface area contributed by atoms with E-state index >= 15 is 0 Å². The molecule has 0 bridgehead atoms. The van der Waals surface area contributed by atoms with Gasteiger partial charge in [0, 0.05) is 28.6 Å². The van der Waals surface area contributed by atoms with Crippen molar-refractivity contribution in [2.75, 3.05) is 0 Å². The van der Waals surface area contributed by atoms with Crippen LogP contribution in [0, 0.1) is 0 Å². The SMILES string of the molecule is C[SiH2]C1CC([SiH2]C)CC([SiH2]C)C1. The molecule has 12 heavy (non-hydrogen) atoms. The van der Waals surface area contributed by atoms with E-state index in [1.165, 1.54) is 16.6 Å². The van der Waals surface area contributed by atoms with E-state index in [4.69, 9.17) is 0 Å². The highest BCUT2D eigenvalue weighted by Crippen LogP contribution is 2.42. The van der Waals surface area contributed by atoms with Gasteiger partial charge in [-0.15, -0.1) is 0 Å². The van der Waals surface area contributed by atoms with Crippen LogP contribution in [0.4, 0.5) is 0 Å². The lowest BCUT2D eigenvalue weighted by Crippen LogP contribution is -2.20. The third-order valence-corrected chi connectivity index (χ3v) is 9.20. The standard InChI is InChI=1S/C9H24Si3/c1-10-7-4-8(11-2)6-9(5-7)12-3/h7-9H,4-6,10-12H2,1-3H3. The molecule has 0 spiro atoms. The van der Waals surface area contributed by atoms with Crippen molar-refractivity contribution in [3.8, 4) is 0 Å². The molecular weight excluding hydrogens is 192 g/mol. The van der Waals surface area contributed by atoms with E-state index in [9.17, 15) is 0 Å². The Hall–Kier alpha value is 0.651. The zero-order valence-corrected chi connectivity index (χ0v) is 13.2. The first-order valence-electron chi connectivity index (χ1n) is 5.80. The second kappa shape index (κ2) is 5.40. The first-order valence-corrected chi connectivity index (χ1v) is 12.5. The summed E-state index contributed by atoms with van der Waals surface area (Å²) in [6.07, 6.45) is 4.99. The molecule has 0 aromatic carbocycles. The van der Waals surface area contributed by atoms with Gasteiger partial charge < -0.3 is 0 Å². The molecule has 1 aliphatic carbocycles. The van der Waals surface area contributed by atoms with Gasteiger partial charge in [0.05, 0.1) is 0 Å². The van der Waals surface area contributed by atoms with Crippen LogP contribution in [0.25, 0.3) is 0 Å². The van der Waals surface area contributed by atoms with Gasteiger partial charge in [-0.3, -0.25) is 0 Å². The molecule has 0 amide bonds. The lowest BCUT2D eigenvalue weighted by atomic mass is 9.98. The van der Waals surface area contributed by atoms with E-state index in [-0.39, 0.29) is 0 Å². The Morgan fingerprint density at radius 2 is 0.917 bits per heavy atom. The molecule has 1 fully saturated rings. The van der Waals surface area contributed by atoms with Crippen LogP contribution in [-0.2, 0) is 0 Å². The quantitative estimate of drug-likeness (QED) is 0.622. The molecule has 3 heteroatoms. The van der Waals surface area contributed by atoms with Crippen molar-refractivity contribution in [1.29, 1.82) is 0 Å². The summed E-state index contributed by atoms with van der Waals surface area (Å²) >= 11 is 0. The topological polar surface area (TPSA) is 0 Å². The van der Waals surface area contributed by atoms with Gasteiger partial charge in [-0.25, -0.2) is 0 Å². The molecule has 1 rings (SSSR count). The van der Waals surface area contributed by atoms with Gasteiger partial charge >= 0.3 is 0 Å². The van der Waals surface area contributed by atoms with Crippen molar-refractivity contribution in [2.24, 2.45) is 0 Å². The van der Waals surface area contributed by atoms with E-state index in [0.717, 1.165) is 0 Å². The Labute approximate surface area is 84.4 Å². The van der Waals surface area contributed by atoms with Crippen LogP contribution < -0.4 is 0 Å². The second-order valence-corrected chi connectivity index (χ2v) is 10.4. The van der Waals surface area contributed by atoms with Crippen LogP contribution >= 0.6 is 0 Å². The van der Waals surface area contributed by atoms with E-state index < -0.39 is 0 Å². The average Bonchev–Trinajstić information content (AvgIpc) is 2.16. The van der Waals surface area contributed by atoms with Crippen LogP contribution in [0.3, 0.4) is 0 Å². The van der Waals surface area contributed by atoms with Crippen LogP contribution in [0.15, 0.2) is 0 Å². The molecule has 0 radical (unpaired) electrons. The smallest absolute Gasteiger partial charge is 0.0201 e. The zero-order chi connectivity index (χ0) is 8.97. The third kappa shape index (κ3) is 2.85. The molecule has 0 aliphatic heterocycles. The maximum Gasteiger partial charge on any atom is 0.0201 e. The summed E-state index contributed by atoms with van der Waals surface area (Å²) in [5.41, 5.74) is 3.77. The van der Waals surface area contributed by atoms with Gasteiger partial charge in [-0.2, -0.15) is 0 Å². The van der Waals surface area contributed by atoms with Crippen LogP contribution in [0.2, 0.25) is 36.3 Å². The highest BCUT2D eigenvalue weighted by atomic mass is 28.2. The molecule has 0 aromatic heterocycles. The summed E-state index contributed by atoms with van der Waals surface area (Å²) in [5.74, 6) is 0. The van der Waals surface area contributed by atoms with Gasteiger partial charge in [0.1, 0.15) is 0 Å². The normalized spacial score (nSPS) is 39.8. The minimum atomic E-state index is 0.330. The second-order valence-electron chi connectivity index (χ2n) is 4.53. The Bertz CT molecular complexity index is 97.2. The Balaban J connectivity index is 2.41. The van der Waals surface area contributed by atoms with Crippen LogP contribution in [0.1, 0.15) is 19.3 Å². The number of rotatable bonds is 3. The molecule has 0 atom stereocenters. The van der Waals surface area contributed by atoms with Gasteiger partial charge in [0.25, 0.3) is 0 Å². The summed E-state index contributed by atoms with van der Waals surface area (Å²) in [6.45, 7) is 7.58. The Kier molecular flexibility index (Phi) is 4.82. The summed E-state index contributed by atoms with van der Waals surface area (Å²) in [6, 6.07) is 0. The van der Waals surface area contributed by atoms with Crippen molar-refractivity contribution in [2.45, 2.75) is 55.5 Å². The minimum Gasteiger partial charge on any atom is -0.0746 e. The van der Waals surface area contributed by atoms with E-state index in [1.54, 1.807) is 19.3 Å². The van der Waals surface area contributed by atoms with Crippen LogP contribution in [-0.4, -0.2) is 28.6 Å². The molecular formula is C9H24Si3. The first-order chi connectivity index (χ1) is 5.80. The predicted octanol–water partition coefficient (Wildman–Crippen LogP) is 1.19. The van der Waals surface area contributed by atoms with Crippen LogP contribution in [0.5, 0.6) is 0 Å². The summed E-state index contributed by atoms with van der Waals surface area (Å²) < 4.78 is 0. The lowest BCUT2D eigenvalue weighted by Gasteiger charge is -2.33. The van der Waals surface area contributed by atoms with Crippen molar-refractivity contribution >= 4 is 28.6 Å². The number of hydrogen-bond donors (Lipinski definition) is 0. The molecule has 0 aromatic rings. The van der Waals surface area contributed by atoms with E-state index in [1.807, 2.05) is 0 Å². The number of hydrogen-bond acceptors (Lipinski definition) is 0. The fraction of sp³-hybridized carbons (Fsp3) is 1.00. The van der Waals surface area contributed by atoms with Crippen molar-refractivity contribution in [3.63, 3.8) is 0 Å². The molecule has 0 unspecified atom stereocenters. The summed E-state index contributed by atoms with van der Waals surface area (Å²) in [5, 5.41) is 0. The third-order valence-electron chi connectivity index (χ3n) is 3.73. The fourth-order valence-electron chi connectivity index (χ4n) is 2.70. The molecule has 0 nitrogen and oxygen atoms in total. The highest BCUT2D eigenvalue weighted by Gasteiger charge is 2.25. The Morgan fingerprint density at radius 3 is 1.08 bits per heavy atom. The maximum atomic E-state index is 2.53. The molecule has 0 heterocycles. The zero-order valence-electron chi connectivity index (χ0n) is 8.97. The fourth-order valence-corrected chi connectivity index (χ4v) is 8.95. The maximum absolute atomic E-state index is 2.53. The first kappa shape index (κ1) is 10.7. The molecule has 0 N–H and O–H groups in total. The van der Waals surface area contributed by atoms with Crippen molar-refractivity contribution in [1.82, 2.24) is 0 Å². The monoisotopic (exact) mass is 216 g/mol. The van der Waals surface area contributed by atoms with Gasteiger partial charge in [0.2, 0.25) is 0 Å². The van der Waals surface area contributed by atoms with E-state index in [2.05, 4.69) is 19.6 Å². The molecule has 72 valence electrons. The highest BCUT2D eigenvalue weighted by molar-refractivity contribution is 6.40. The average molecular weight is 217 g/mol. The molecule has 1 saturated carbocycles. The Morgan fingerprint density at radius 1 is 0.667 bits per heavy atom. The van der Waals surface area contributed by atoms with Crippen molar-refractivity contribution in [3.05, 3.63) is 0 Å². The van der Waals surface area contributed by atoms with Gasteiger partial charge in [-0.1, -0.05) is 55.5 Å². The minimum absolute atomic E-state index is 0.330. The molecule has 0 saturated heterocycles. The lowest BCUT2D eigenvalue weighted by molar-refractivity contribution is 0.495. The van der Waals surface area contributed by atoms with E-state index in [0.29, 0.717) is 28.6 Å². The largest absolute Gasteiger partial charge is 0.0746 e. The molecule has 1 aliphatic rings.